The number of aromatic nitrogens is 2. The molecule has 5 rings (SSSR count). The highest BCUT2D eigenvalue weighted by atomic mass is 16.5. The second-order valence-corrected chi connectivity index (χ2v) is 8.96. The molecule has 2 saturated carbocycles. The second-order valence-electron chi connectivity index (χ2n) is 8.96. The van der Waals surface area contributed by atoms with E-state index in [1.807, 2.05) is 12.1 Å². The molecule has 3 unspecified atom stereocenters. The number of nitrogens with one attached hydrogen (secondary N) is 2. The molecule has 2 N–H and O–H groups in total. The van der Waals surface area contributed by atoms with Crippen LogP contribution < -0.4 is 10.6 Å². The molecular weight excluding hydrogens is 404 g/mol. The first-order valence-corrected chi connectivity index (χ1v) is 11.6. The largest absolute Gasteiger partial charge is 0.376 e. The van der Waals surface area contributed by atoms with E-state index in [9.17, 15) is 9.59 Å². The molecule has 1 saturated heterocycles. The Morgan fingerprint density at radius 2 is 2.25 bits per heavy atom. The van der Waals surface area contributed by atoms with E-state index in [0.29, 0.717) is 41.5 Å². The second kappa shape index (κ2) is 8.54. The number of allylic oxidation sites excluding steroid dienone is 3. The normalized spacial score (nSPS) is 27.1. The number of hydrogen-bond donors (Lipinski definition) is 2. The molecule has 2 aromatic rings. The predicted molar refractivity (Wildman–Crippen MR) is 121 cm³/mol. The monoisotopic (exact) mass is 434 g/mol. The summed E-state index contributed by atoms with van der Waals surface area (Å²) < 4.78 is 7.29. The lowest BCUT2D eigenvalue weighted by molar-refractivity contribution is -0.121. The lowest BCUT2D eigenvalue weighted by Gasteiger charge is -2.09. The Bertz CT molecular complexity index is 1100. The maximum absolute atomic E-state index is 12.8. The molecule has 2 amide bonds. The van der Waals surface area contributed by atoms with E-state index in [-0.39, 0.29) is 24.3 Å². The molecule has 0 bridgehead atoms. The van der Waals surface area contributed by atoms with Gasteiger partial charge in [-0.25, -0.2) is 4.98 Å². The van der Waals surface area contributed by atoms with Gasteiger partial charge in [-0.3, -0.25) is 14.0 Å². The van der Waals surface area contributed by atoms with Crippen LogP contribution in [0.1, 0.15) is 48.8 Å². The van der Waals surface area contributed by atoms with Gasteiger partial charge in [-0.15, -0.1) is 0 Å². The number of hydrogen-bond acceptors (Lipinski definition) is 4. The number of imidazole rings is 1. The molecule has 168 valence electrons. The summed E-state index contributed by atoms with van der Waals surface area (Å²) in [6.07, 6.45) is 13.1. The minimum atomic E-state index is -0.147. The fourth-order valence-electron chi connectivity index (χ4n) is 4.74. The molecule has 1 aliphatic heterocycles. The van der Waals surface area contributed by atoms with Crippen molar-refractivity contribution >= 4 is 17.5 Å². The van der Waals surface area contributed by atoms with Crippen molar-refractivity contribution in [3.05, 3.63) is 59.6 Å². The van der Waals surface area contributed by atoms with Gasteiger partial charge in [0.1, 0.15) is 11.3 Å². The molecule has 0 aromatic carbocycles. The van der Waals surface area contributed by atoms with E-state index >= 15 is 0 Å². The molecule has 7 heteroatoms. The van der Waals surface area contributed by atoms with E-state index in [2.05, 4.69) is 40.8 Å². The van der Waals surface area contributed by atoms with Crippen LogP contribution in [0.3, 0.4) is 0 Å². The summed E-state index contributed by atoms with van der Waals surface area (Å²) >= 11 is 0. The topological polar surface area (TPSA) is 84.7 Å². The molecule has 32 heavy (non-hydrogen) atoms. The van der Waals surface area contributed by atoms with Crippen LogP contribution in [0.25, 0.3) is 5.65 Å². The summed E-state index contributed by atoms with van der Waals surface area (Å²) in [6.45, 7) is 3.98. The van der Waals surface area contributed by atoms with Crippen molar-refractivity contribution in [2.75, 3.05) is 19.7 Å². The van der Waals surface area contributed by atoms with E-state index in [1.165, 1.54) is 12.0 Å². The Hall–Kier alpha value is -2.93. The first-order valence-electron chi connectivity index (χ1n) is 11.6. The average Bonchev–Trinajstić information content (AvgIpc) is 3.41. The number of nitrogens with zero attached hydrogens (tertiary/aromatic N) is 2. The Kier molecular flexibility index (Phi) is 5.59. The van der Waals surface area contributed by atoms with Crippen molar-refractivity contribution in [1.82, 2.24) is 20.0 Å². The molecule has 3 aliphatic rings. The first-order chi connectivity index (χ1) is 15.6. The molecule has 3 fully saturated rings. The van der Waals surface area contributed by atoms with Gasteiger partial charge in [-0.05, 0) is 43.7 Å². The van der Waals surface area contributed by atoms with Crippen molar-refractivity contribution in [3.63, 3.8) is 0 Å². The zero-order chi connectivity index (χ0) is 22.1. The molecule has 0 spiro atoms. The molecular formula is C25H30N4O3. The third-order valence-corrected chi connectivity index (χ3v) is 6.74. The number of amides is 2. The number of ether oxygens (including phenoxy) is 1. The van der Waals surface area contributed by atoms with Gasteiger partial charge in [-0.1, -0.05) is 36.8 Å². The summed E-state index contributed by atoms with van der Waals surface area (Å²) in [7, 11) is 0. The van der Waals surface area contributed by atoms with E-state index in [1.54, 1.807) is 16.7 Å². The number of carbonyl (C=O) groups is 2. The lowest BCUT2D eigenvalue weighted by atomic mass is 10.1. The SMILES string of the molecule is CC/C=C\C12CC1/C2=C\CNC(=O)c1cccc2nc(CC(=O)NCC3CCCO3)cn12. The van der Waals surface area contributed by atoms with Gasteiger partial charge in [-0.2, -0.15) is 0 Å². The predicted octanol–water partition coefficient (Wildman–Crippen LogP) is 2.81. The highest BCUT2D eigenvalue weighted by Crippen LogP contribution is 2.80. The highest BCUT2D eigenvalue weighted by molar-refractivity contribution is 5.93. The van der Waals surface area contributed by atoms with Crippen molar-refractivity contribution in [1.29, 1.82) is 0 Å². The van der Waals surface area contributed by atoms with Gasteiger partial charge >= 0.3 is 0 Å². The molecule has 7 nitrogen and oxygen atoms in total. The van der Waals surface area contributed by atoms with Crippen LogP contribution in [-0.4, -0.2) is 47.0 Å². The summed E-state index contributed by atoms with van der Waals surface area (Å²) in [5.41, 5.74) is 3.59. The molecule has 2 aromatic heterocycles. The molecule has 0 radical (unpaired) electrons. The van der Waals surface area contributed by atoms with Crippen LogP contribution in [0.15, 0.2) is 48.2 Å². The Morgan fingerprint density at radius 1 is 1.34 bits per heavy atom. The first kappa shape index (κ1) is 20.9. The smallest absolute Gasteiger partial charge is 0.268 e. The van der Waals surface area contributed by atoms with Gasteiger partial charge in [0.25, 0.3) is 5.91 Å². The van der Waals surface area contributed by atoms with Gasteiger partial charge in [0.2, 0.25) is 5.91 Å². The quantitative estimate of drug-likeness (QED) is 0.595. The van der Waals surface area contributed by atoms with Crippen molar-refractivity contribution in [2.45, 2.75) is 45.1 Å². The van der Waals surface area contributed by atoms with Crippen molar-refractivity contribution < 1.29 is 14.3 Å². The Labute approximate surface area is 187 Å². The third kappa shape index (κ3) is 4.09. The van der Waals surface area contributed by atoms with Crippen molar-refractivity contribution in [2.24, 2.45) is 11.3 Å². The number of pyridine rings is 1. The van der Waals surface area contributed by atoms with E-state index in [0.717, 1.165) is 25.9 Å². The van der Waals surface area contributed by atoms with E-state index in [4.69, 9.17) is 4.74 Å². The Morgan fingerprint density at radius 3 is 3.03 bits per heavy atom. The standard InChI is InChI=1S/C25H30N4O3/c1-2-3-10-25-14-20(25)19(25)9-11-26-24(31)21-7-4-8-22-28-17(16-29(21)22)13-23(30)27-15-18-6-5-12-32-18/h3-4,7-10,16,18,20H,2,5-6,11-15H2,1H3,(H,26,31)(H,27,30)/b10-3-,19-9+. The molecule has 3 atom stereocenters. The van der Waals surface area contributed by atoms with Gasteiger partial charge < -0.3 is 15.4 Å². The summed E-state index contributed by atoms with van der Waals surface area (Å²) in [6, 6.07) is 5.43. The fourth-order valence-corrected chi connectivity index (χ4v) is 4.74. The number of carbonyl (C=O) groups excluding carboxylic acids is 2. The minimum absolute atomic E-state index is 0.0874. The minimum Gasteiger partial charge on any atom is -0.376 e. The maximum atomic E-state index is 12.8. The average molecular weight is 435 g/mol. The zero-order valence-electron chi connectivity index (χ0n) is 18.5. The Balaban J connectivity index is 1.18. The van der Waals surface area contributed by atoms with Crippen LogP contribution in [0, 0.1) is 11.3 Å². The van der Waals surface area contributed by atoms with Crippen LogP contribution in [0.4, 0.5) is 0 Å². The van der Waals surface area contributed by atoms with Crippen molar-refractivity contribution in [3.8, 4) is 0 Å². The van der Waals surface area contributed by atoms with E-state index < -0.39 is 0 Å². The van der Waals surface area contributed by atoms with Gasteiger partial charge in [0.05, 0.1) is 18.2 Å². The molecule has 3 heterocycles. The third-order valence-electron chi connectivity index (χ3n) is 6.74. The van der Waals surface area contributed by atoms with Crippen LogP contribution in [0.2, 0.25) is 0 Å². The summed E-state index contributed by atoms with van der Waals surface area (Å²) in [5.74, 6) is 0.468. The summed E-state index contributed by atoms with van der Waals surface area (Å²) in [4.78, 5) is 29.6. The van der Waals surface area contributed by atoms with Crippen LogP contribution >= 0.6 is 0 Å². The van der Waals surface area contributed by atoms with Gasteiger partial charge in [0, 0.05) is 31.3 Å². The molecule has 2 aliphatic carbocycles. The van der Waals surface area contributed by atoms with Gasteiger partial charge in [0.15, 0.2) is 0 Å². The maximum Gasteiger partial charge on any atom is 0.268 e. The van der Waals surface area contributed by atoms with Crippen LogP contribution in [0.5, 0.6) is 0 Å². The highest BCUT2D eigenvalue weighted by Gasteiger charge is 2.72. The number of fused-ring (bicyclic) bond motifs is 2. The zero-order valence-corrected chi connectivity index (χ0v) is 18.5. The van der Waals surface area contributed by atoms with Crippen LogP contribution in [-0.2, 0) is 16.0 Å². The lowest BCUT2D eigenvalue weighted by Crippen LogP contribution is -2.32. The fraction of sp³-hybridized carbons (Fsp3) is 0.480. The summed E-state index contributed by atoms with van der Waals surface area (Å²) in [5, 5.41) is 5.92. The number of rotatable bonds is 9.